The Hall–Kier alpha value is -0.660. The van der Waals surface area contributed by atoms with E-state index in [1.165, 1.54) is 250 Å². The van der Waals surface area contributed by atoms with Gasteiger partial charge in [-0.2, -0.15) is 37.9 Å². The second kappa shape index (κ2) is 48.0. The fourth-order valence-corrected chi connectivity index (χ4v) is 10.8. The molecule has 0 saturated heterocycles. The molecule has 9 nitrogen and oxygen atoms in total. The van der Waals surface area contributed by atoms with Gasteiger partial charge >= 0.3 is 17.9 Å². The number of carboxylic acids is 3. The number of hydrogen-bond acceptors (Lipinski definition) is 9. The molecule has 0 spiro atoms. The third kappa shape index (κ3) is 44.5. The minimum absolute atomic E-state index is 0.665. The van der Waals surface area contributed by atoms with E-state index in [-0.39, 0.29) is 0 Å². The smallest absolute Gasteiger partial charge is 0.307 e. The van der Waals surface area contributed by atoms with Gasteiger partial charge in [-0.05, 0) is 134 Å². The van der Waals surface area contributed by atoms with E-state index in [4.69, 9.17) is 32.5 Å². The fourth-order valence-electron chi connectivity index (χ4n) is 9.88. The van der Waals surface area contributed by atoms with Crippen molar-refractivity contribution in [3.8, 4) is 0 Å². The lowest BCUT2D eigenvalue weighted by molar-refractivity contribution is -0.152. The van der Waals surface area contributed by atoms with Gasteiger partial charge in [0.05, 0.1) is 18.8 Å². The number of carboxylic acid groups (broad SMARTS) is 3. The van der Waals surface area contributed by atoms with Gasteiger partial charge < -0.3 is 32.5 Å². The number of thiol groups is 3. The summed E-state index contributed by atoms with van der Waals surface area (Å²) in [6, 6.07) is 0. The van der Waals surface area contributed by atoms with Gasteiger partial charge in [-0.25, -0.2) is 0 Å². The second-order valence-electron chi connectivity index (χ2n) is 20.5. The maximum absolute atomic E-state index is 10.2. The molecule has 3 saturated carbocycles. The highest BCUT2D eigenvalue weighted by atomic mass is 32.1. The highest BCUT2D eigenvalue weighted by Gasteiger charge is 2.24. The number of unbranched alkanes of at least 4 members (excludes halogenated alkanes) is 21. The quantitative estimate of drug-likeness (QED) is 0.0220. The first-order valence-electron chi connectivity index (χ1n) is 27.7. The molecule has 0 aromatic rings. The Morgan fingerprint density at radius 1 is 0.348 bits per heavy atom. The van der Waals surface area contributed by atoms with E-state index in [0.29, 0.717) is 15.7 Å². The first-order chi connectivity index (χ1) is 31.9. The predicted octanol–water partition coefficient (Wildman–Crippen LogP) is 14.5. The first kappa shape index (κ1) is 65.3. The van der Waals surface area contributed by atoms with Crippen LogP contribution in [0.15, 0.2) is 0 Å². The maximum Gasteiger partial charge on any atom is 0.307 e. The van der Waals surface area contributed by atoms with Crippen LogP contribution in [0, 0.1) is 23.7 Å². The fraction of sp³-hybridized carbons (Fsp3) is 0.944. The largest absolute Gasteiger partial charge is 0.481 e. The Bertz CT molecular complexity index is 974. The summed E-state index contributed by atoms with van der Waals surface area (Å²) < 4.78 is 0. The van der Waals surface area contributed by atoms with Crippen molar-refractivity contribution < 1.29 is 29.7 Å². The summed E-state index contributed by atoms with van der Waals surface area (Å²) in [4.78, 5) is 30.3. The Kier molecular flexibility index (Phi) is 47.5. The van der Waals surface area contributed by atoms with Crippen LogP contribution in [-0.2, 0) is 14.4 Å². The Morgan fingerprint density at radius 2 is 0.545 bits per heavy atom. The molecular formula is C54H107N3O6S3. The molecule has 0 aromatic carbocycles. The summed E-state index contributed by atoms with van der Waals surface area (Å²) in [6.07, 6.45) is 53.4. The van der Waals surface area contributed by atoms with E-state index in [1.54, 1.807) is 0 Å². The maximum atomic E-state index is 10.2. The molecule has 12 heteroatoms. The normalized spacial score (nSPS) is 21.7. The molecule has 0 aromatic heterocycles. The zero-order valence-corrected chi connectivity index (χ0v) is 45.0. The van der Waals surface area contributed by atoms with Gasteiger partial charge in [0.2, 0.25) is 0 Å². The molecular weight excluding hydrogens is 883 g/mol. The van der Waals surface area contributed by atoms with E-state index in [1.807, 2.05) is 0 Å². The molecule has 3 aliphatic rings. The van der Waals surface area contributed by atoms with Gasteiger partial charge in [-0.15, -0.1) is 0 Å². The van der Waals surface area contributed by atoms with Crippen LogP contribution in [0.5, 0.6) is 0 Å². The monoisotopic (exact) mass is 990 g/mol. The zero-order valence-electron chi connectivity index (χ0n) is 42.3. The van der Waals surface area contributed by atoms with Crippen LogP contribution in [0.3, 0.4) is 0 Å². The highest BCUT2D eigenvalue weighted by Crippen LogP contribution is 2.33. The number of aliphatic carboxylic acids is 3. The van der Waals surface area contributed by atoms with Crippen molar-refractivity contribution in [1.29, 1.82) is 0 Å². The molecule has 0 amide bonds. The van der Waals surface area contributed by atoms with Crippen molar-refractivity contribution in [2.75, 3.05) is 19.6 Å². The second-order valence-corrected chi connectivity index (χ2v) is 22.7. The van der Waals surface area contributed by atoms with Gasteiger partial charge in [0, 0.05) is 15.7 Å². The number of nitrogens with two attached hydrogens (primary N) is 3. The van der Waals surface area contributed by atoms with E-state index in [0.717, 1.165) is 37.4 Å². The Balaban J connectivity index is 0.000000864. The third-order valence-electron chi connectivity index (χ3n) is 14.3. The van der Waals surface area contributed by atoms with Crippen LogP contribution >= 0.6 is 37.9 Å². The standard InChI is InChI=1S/3C16H33NS.C6H8O6/c3*17-14-8-6-4-2-1-3-5-7-9-15-10-12-16(18)13-11-15;7-4(8)1-3(6(11)12)2-5(9)10/h3*15-16,18H,1-14,17H2;3H,1-2H2,(H,7,8)(H,9,10)(H,11,12). The summed E-state index contributed by atoms with van der Waals surface area (Å²) >= 11 is 13.7. The molecule has 66 heavy (non-hydrogen) atoms. The van der Waals surface area contributed by atoms with Crippen LogP contribution in [0.25, 0.3) is 0 Å². The molecule has 0 atom stereocenters. The van der Waals surface area contributed by atoms with Crippen molar-refractivity contribution in [1.82, 2.24) is 0 Å². The molecule has 0 heterocycles. The molecule has 0 unspecified atom stereocenters. The van der Waals surface area contributed by atoms with Gasteiger partial charge in [-0.3, -0.25) is 14.4 Å². The predicted molar refractivity (Wildman–Crippen MR) is 292 cm³/mol. The van der Waals surface area contributed by atoms with Crippen molar-refractivity contribution in [2.45, 2.75) is 279 Å². The average molecular weight is 991 g/mol. The molecule has 0 bridgehead atoms. The Morgan fingerprint density at radius 3 is 0.727 bits per heavy atom. The van der Waals surface area contributed by atoms with Crippen molar-refractivity contribution in [3.05, 3.63) is 0 Å². The summed E-state index contributed by atoms with van der Waals surface area (Å²) in [7, 11) is 0. The van der Waals surface area contributed by atoms with Gasteiger partial charge in [0.15, 0.2) is 0 Å². The molecule has 0 aliphatic heterocycles. The first-order valence-corrected chi connectivity index (χ1v) is 29.3. The lowest BCUT2D eigenvalue weighted by atomic mass is 9.85. The van der Waals surface area contributed by atoms with Crippen LogP contribution in [-0.4, -0.2) is 68.6 Å². The minimum Gasteiger partial charge on any atom is -0.481 e. The summed E-state index contributed by atoms with van der Waals surface area (Å²) in [5, 5.41) is 26.8. The van der Waals surface area contributed by atoms with Crippen LogP contribution < -0.4 is 17.2 Å². The summed E-state index contributed by atoms with van der Waals surface area (Å²) in [5.74, 6) is -2.30. The van der Waals surface area contributed by atoms with E-state index in [9.17, 15) is 14.4 Å². The third-order valence-corrected chi connectivity index (χ3v) is 15.9. The lowest BCUT2D eigenvalue weighted by Crippen LogP contribution is -2.20. The van der Waals surface area contributed by atoms with Crippen LogP contribution in [0.2, 0.25) is 0 Å². The van der Waals surface area contributed by atoms with Gasteiger partial charge in [0.1, 0.15) is 0 Å². The molecule has 0 radical (unpaired) electrons. The van der Waals surface area contributed by atoms with Crippen molar-refractivity contribution in [2.24, 2.45) is 40.9 Å². The number of rotatable bonds is 35. The van der Waals surface area contributed by atoms with E-state index >= 15 is 0 Å². The van der Waals surface area contributed by atoms with Crippen molar-refractivity contribution >= 4 is 55.8 Å². The zero-order chi connectivity index (χ0) is 48.9. The van der Waals surface area contributed by atoms with Crippen LogP contribution in [0.1, 0.15) is 263 Å². The van der Waals surface area contributed by atoms with E-state index < -0.39 is 36.7 Å². The SMILES string of the molecule is NCCCCCCCCCCC1CCC(S)CC1.NCCCCCCCCCCC1CCC(S)CC1.NCCCCCCCCCCC1CCC(S)CC1.O=C(O)CC(CC(=O)O)C(=O)O. The minimum atomic E-state index is -1.40. The molecule has 3 rings (SSSR count). The topological polar surface area (TPSA) is 190 Å². The Labute approximate surface area is 422 Å². The molecule has 392 valence electrons. The lowest BCUT2D eigenvalue weighted by Gasteiger charge is -2.25. The molecule has 3 aliphatic carbocycles. The molecule has 3 fully saturated rings. The molecule has 9 N–H and O–H groups in total. The van der Waals surface area contributed by atoms with Crippen LogP contribution in [0.4, 0.5) is 0 Å². The summed E-state index contributed by atoms with van der Waals surface area (Å²) in [5.41, 5.74) is 16.5. The summed E-state index contributed by atoms with van der Waals surface area (Å²) in [6.45, 7) is 2.61. The highest BCUT2D eigenvalue weighted by molar-refractivity contribution is 7.81. The number of hydrogen-bond donors (Lipinski definition) is 9. The van der Waals surface area contributed by atoms with Gasteiger partial charge in [-0.1, -0.05) is 154 Å². The average Bonchev–Trinajstić information content (AvgIpc) is 3.29. The number of carbonyl (C=O) groups is 3. The van der Waals surface area contributed by atoms with Crippen molar-refractivity contribution in [3.63, 3.8) is 0 Å². The van der Waals surface area contributed by atoms with E-state index in [2.05, 4.69) is 37.9 Å². The van der Waals surface area contributed by atoms with Gasteiger partial charge in [0.25, 0.3) is 0 Å².